The molecule has 138 valence electrons. The minimum Gasteiger partial charge on any atom is -0.398 e. The van der Waals surface area contributed by atoms with Gasteiger partial charge in [0.05, 0.1) is 0 Å². The predicted molar refractivity (Wildman–Crippen MR) is 113 cm³/mol. The molecule has 0 aliphatic carbocycles. The van der Waals surface area contributed by atoms with Crippen molar-refractivity contribution in [2.75, 3.05) is 11.1 Å². The van der Waals surface area contributed by atoms with Crippen LogP contribution in [0.5, 0.6) is 0 Å². The number of carbonyl (C=O) groups is 1. The van der Waals surface area contributed by atoms with Gasteiger partial charge in [0.1, 0.15) is 11.0 Å². The van der Waals surface area contributed by atoms with E-state index in [1.165, 1.54) is 0 Å². The Morgan fingerprint density at radius 2 is 1.82 bits per heavy atom. The molecule has 2 heterocycles. The number of halogens is 1. The molecule has 0 saturated carbocycles. The quantitative estimate of drug-likeness (QED) is 0.392. The van der Waals surface area contributed by atoms with E-state index in [-0.39, 0.29) is 5.91 Å². The number of carbonyl (C=O) groups excluding carboxylic acids is 1. The molecule has 0 aliphatic heterocycles. The molecule has 4 rings (SSSR count). The van der Waals surface area contributed by atoms with E-state index < -0.39 is 0 Å². The van der Waals surface area contributed by atoms with Crippen molar-refractivity contribution in [1.29, 1.82) is 0 Å². The number of hydrogen-bond donors (Lipinski definition) is 2. The lowest BCUT2D eigenvalue weighted by Gasteiger charge is -2.13. The summed E-state index contributed by atoms with van der Waals surface area (Å²) in [6.45, 7) is 0. The molecule has 6 heteroatoms. The molecule has 2 aromatic heterocycles. The topological polar surface area (TPSA) is 80.9 Å². The molecule has 0 fully saturated rings. The smallest absolute Gasteiger partial charge is 0.257 e. The number of nitrogens with zero attached hydrogens (tertiary/aromatic N) is 2. The Morgan fingerprint density at radius 1 is 1.00 bits per heavy atom. The average Bonchev–Trinajstić information content (AvgIpc) is 2.69. The van der Waals surface area contributed by atoms with E-state index in [1.54, 1.807) is 36.7 Å². The highest BCUT2D eigenvalue weighted by molar-refractivity contribution is 6.29. The lowest BCUT2D eigenvalue weighted by atomic mass is 9.98. The molecule has 0 spiro atoms. The predicted octanol–water partition coefficient (Wildman–Crippen LogP) is 4.71. The number of nitrogens with one attached hydrogen (secondary N) is 1. The van der Waals surface area contributed by atoms with Crippen LogP contribution in [-0.2, 0) is 6.42 Å². The molecule has 1 amide bonds. The van der Waals surface area contributed by atoms with Gasteiger partial charge in [0.25, 0.3) is 5.91 Å². The van der Waals surface area contributed by atoms with E-state index >= 15 is 0 Å². The molecular formula is C22H17ClN4O. The third-order valence-electron chi connectivity index (χ3n) is 4.50. The van der Waals surface area contributed by atoms with Crippen LogP contribution in [-0.4, -0.2) is 15.9 Å². The van der Waals surface area contributed by atoms with Crippen molar-refractivity contribution in [3.63, 3.8) is 0 Å². The van der Waals surface area contributed by atoms with Crippen LogP contribution in [0.15, 0.2) is 73.1 Å². The maximum Gasteiger partial charge on any atom is 0.257 e. The number of amides is 1. The fourth-order valence-corrected chi connectivity index (χ4v) is 3.30. The largest absolute Gasteiger partial charge is 0.398 e. The van der Waals surface area contributed by atoms with Crippen molar-refractivity contribution in [3.05, 3.63) is 94.9 Å². The van der Waals surface area contributed by atoms with Crippen LogP contribution in [0.1, 0.15) is 21.5 Å². The molecule has 4 aromatic rings. The lowest BCUT2D eigenvalue weighted by Crippen LogP contribution is -2.16. The first kappa shape index (κ1) is 17.9. The van der Waals surface area contributed by atoms with Gasteiger partial charge in [0.2, 0.25) is 0 Å². The van der Waals surface area contributed by atoms with E-state index in [4.69, 9.17) is 17.3 Å². The summed E-state index contributed by atoms with van der Waals surface area (Å²) in [4.78, 5) is 21.3. The van der Waals surface area contributed by atoms with Crippen LogP contribution in [0.2, 0.25) is 5.15 Å². The third kappa shape index (κ3) is 3.80. The van der Waals surface area contributed by atoms with Gasteiger partial charge in [-0.3, -0.25) is 4.79 Å². The molecular weight excluding hydrogens is 372 g/mol. The Hall–Kier alpha value is -3.44. The van der Waals surface area contributed by atoms with Crippen LogP contribution >= 0.6 is 11.6 Å². The Kier molecular flexibility index (Phi) is 4.91. The molecule has 0 radical (unpaired) electrons. The number of nitrogens with two attached hydrogens (primary N) is 1. The van der Waals surface area contributed by atoms with E-state index in [0.29, 0.717) is 28.6 Å². The molecule has 0 unspecified atom stereocenters. The average molecular weight is 389 g/mol. The number of nitrogen functional groups attached to an aromatic ring is 1. The zero-order valence-electron chi connectivity index (χ0n) is 14.9. The summed E-state index contributed by atoms with van der Waals surface area (Å²) in [7, 11) is 0. The monoisotopic (exact) mass is 388 g/mol. The van der Waals surface area contributed by atoms with Crippen LogP contribution in [0, 0.1) is 0 Å². The number of fused-ring (bicyclic) bond motifs is 1. The second-order valence-corrected chi connectivity index (χ2v) is 6.80. The third-order valence-corrected chi connectivity index (χ3v) is 4.71. The second kappa shape index (κ2) is 7.66. The second-order valence-electron chi connectivity index (χ2n) is 6.41. The van der Waals surface area contributed by atoms with E-state index in [1.807, 2.05) is 36.4 Å². The van der Waals surface area contributed by atoms with Gasteiger partial charge in [0, 0.05) is 35.5 Å². The zero-order chi connectivity index (χ0) is 19.5. The zero-order valence-corrected chi connectivity index (χ0v) is 15.6. The van der Waals surface area contributed by atoms with Gasteiger partial charge in [-0.25, -0.2) is 9.97 Å². The van der Waals surface area contributed by atoms with Crippen LogP contribution in [0.3, 0.4) is 0 Å². The summed E-state index contributed by atoms with van der Waals surface area (Å²) in [5, 5.41) is 5.29. The molecule has 0 bridgehead atoms. The van der Waals surface area contributed by atoms with Gasteiger partial charge in [-0.1, -0.05) is 41.9 Å². The maximum absolute atomic E-state index is 12.9. The first-order chi connectivity index (χ1) is 13.6. The van der Waals surface area contributed by atoms with Crippen LogP contribution < -0.4 is 11.1 Å². The fraction of sp³-hybridized carbons (Fsp3) is 0.0455. The Labute approximate surface area is 167 Å². The number of rotatable bonds is 4. The van der Waals surface area contributed by atoms with Gasteiger partial charge in [0.15, 0.2) is 0 Å². The van der Waals surface area contributed by atoms with Crippen molar-refractivity contribution in [2.24, 2.45) is 0 Å². The molecule has 5 nitrogen and oxygen atoms in total. The molecule has 0 aliphatic rings. The standard InChI is InChI=1S/C22H17ClN4O/c23-20-11-14(8-9-25-20)10-18-17(6-3-7-19(18)24)22(28)27-21-12-15-4-1-2-5-16(15)13-26-21/h1-9,11-13H,10,24H2,(H,26,27,28). The van der Waals surface area contributed by atoms with E-state index in [2.05, 4.69) is 15.3 Å². The maximum atomic E-state index is 12.9. The summed E-state index contributed by atoms with van der Waals surface area (Å²) in [6.07, 6.45) is 3.85. The summed E-state index contributed by atoms with van der Waals surface area (Å²) in [5.41, 5.74) is 8.89. The van der Waals surface area contributed by atoms with Gasteiger partial charge in [-0.05, 0) is 46.8 Å². The Balaban J connectivity index is 1.64. The van der Waals surface area contributed by atoms with Crippen molar-refractivity contribution < 1.29 is 4.79 Å². The number of anilines is 2. The molecule has 28 heavy (non-hydrogen) atoms. The minimum atomic E-state index is -0.259. The van der Waals surface area contributed by atoms with Gasteiger partial charge in [-0.2, -0.15) is 0 Å². The Bertz CT molecular complexity index is 1180. The first-order valence-corrected chi connectivity index (χ1v) is 9.12. The fourth-order valence-electron chi connectivity index (χ4n) is 3.11. The lowest BCUT2D eigenvalue weighted by molar-refractivity contribution is 0.102. The molecule has 0 atom stereocenters. The number of benzene rings is 2. The molecule has 3 N–H and O–H groups in total. The Morgan fingerprint density at radius 3 is 2.64 bits per heavy atom. The van der Waals surface area contributed by atoms with E-state index in [9.17, 15) is 4.79 Å². The van der Waals surface area contributed by atoms with Gasteiger partial charge < -0.3 is 11.1 Å². The first-order valence-electron chi connectivity index (χ1n) is 8.74. The van der Waals surface area contributed by atoms with Gasteiger partial charge >= 0.3 is 0 Å². The summed E-state index contributed by atoms with van der Waals surface area (Å²) < 4.78 is 0. The van der Waals surface area contributed by atoms with E-state index in [0.717, 1.165) is 21.9 Å². The highest BCUT2D eigenvalue weighted by Crippen LogP contribution is 2.23. The van der Waals surface area contributed by atoms with Crippen LogP contribution in [0.4, 0.5) is 11.5 Å². The molecule has 2 aromatic carbocycles. The van der Waals surface area contributed by atoms with Crippen molar-refractivity contribution in [1.82, 2.24) is 9.97 Å². The number of pyridine rings is 2. The van der Waals surface area contributed by atoms with Crippen molar-refractivity contribution in [2.45, 2.75) is 6.42 Å². The van der Waals surface area contributed by atoms with Crippen molar-refractivity contribution in [3.8, 4) is 0 Å². The summed E-state index contributed by atoms with van der Waals surface area (Å²) in [5.74, 6) is 0.231. The summed E-state index contributed by atoms with van der Waals surface area (Å²) in [6, 6.07) is 18.6. The number of hydrogen-bond acceptors (Lipinski definition) is 4. The summed E-state index contributed by atoms with van der Waals surface area (Å²) >= 11 is 5.98. The van der Waals surface area contributed by atoms with Crippen LogP contribution in [0.25, 0.3) is 10.8 Å². The number of aromatic nitrogens is 2. The SMILES string of the molecule is Nc1cccc(C(=O)Nc2cc3ccccc3cn2)c1Cc1ccnc(Cl)c1. The highest BCUT2D eigenvalue weighted by atomic mass is 35.5. The normalized spacial score (nSPS) is 10.8. The molecule has 0 saturated heterocycles. The van der Waals surface area contributed by atoms with Crippen molar-refractivity contribution >= 4 is 39.8 Å². The highest BCUT2D eigenvalue weighted by Gasteiger charge is 2.15. The van der Waals surface area contributed by atoms with Gasteiger partial charge in [-0.15, -0.1) is 0 Å². The minimum absolute atomic E-state index is 0.259.